The highest BCUT2D eigenvalue weighted by Crippen LogP contribution is 2.27. The molecule has 1 heterocycles. The van der Waals surface area contributed by atoms with Crippen molar-refractivity contribution in [1.82, 2.24) is 10.2 Å². The topological polar surface area (TPSA) is 84.0 Å². The molecule has 0 saturated carbocycles. The van der Waals surface area contributed by atoms with Crippen LogP contribution in [0.15, 0.2) is 46.8 Å². The number of carbonyl (C=O) groups excluding carboxylic acids is 2. The number of anilines is 2. The Morgan fingerprint density at radius 3 is 2.39 bits per heavy atom. The Balaban J connectivity index is 1.53. The van der Waals surface area contributed by atoms with Crippen molar-refractivity contribution in [2.45, 2.75) is 4.34 Å². The van der Waals surface area contributed by atoms with Crippen LogP contribution >= 0.6 is 57.9 Å². The van der Waals surface area contributed by atoms with Gasteiger partial charge >= 0.3 is 0 Å². The minimum absolute atomic E-state index is 0.147. The SMILES string of the molecule is O=C(CSc1nnc(NC(=O)c2ccc(Cl)cc2Cl)s1)Nc1ccc(Cl)cc1. The molecule has 0 atom stereocenters. The van der Waals surface area contributed by atoms with Crippen LogP contribution in [0.3, 0.4) is 0 Å². The minimum atomic E-state index is -0.421. The number of benzene rings is 2. The smallest absolute Gasteiger partial charge is 0.259 e. The third-order valence-corrected chi connectivity index (χ3v) is 6.03. The molecule has 2 N–H and O–H groups in total. The van der Waals surface area contributed by atoms with E-state index in [9.17, 15) is 9.59 Å². The van der Waals surface area contributed by atoms with Crippen LogP contribution in [0.25, 0.3) is 0 Å². The predicted octanol–water partition coefficient (Wildman–Crippen LogP) is 5.48. The van der Waals surface area contributed by atoms with E-state index < -0.39 is 5.91 Å². The molecule has 0 aliphatic carbocycles. The van der Waals surface area contributed by atoms with Gasteiger partial charge in [-0.3, -0.25) is 14.9 Å². The second-order valence-electron chi connectivity index (χ2n) is 5.30. The number of halogens is 3. The van der Waals surface area contributed by atoms with Crippen LogP contribution in [-0.4, -0.2) is 27.8 Å². The van der Waals surface area contributed by atoms with E-state index in [0.717, 1.165) is 11.3 Å². The zero-order valence-electron chi connectivity index (χ0n) is 13.9. The summed E-state index contributed by atoms with van der Waals surface area (Å²) in [5.41, 5.74) is 0.929. The molecule has 0 saturated heterocycles. The van der Waals surface area contributed by atoms with Crippen LogP contribution < -0.4 is 10.6 Å². The lowest BCUT2D eigenvalue weighted by atomic mass is 10.2. The van der Waals surface area contributed by atoms with E-state index in [0.29, 0.717) is 25.2 Å². The second kappa shape index (κ2) is 9.58. The van der Waals surface area contributed by atoms with Gasteiger partial charge in [-0.2, -0.15) is 0 Å². The van der Waals surface area contributed by atoms with Crippen molar-refractivity contribution in [3.8, 4) is 0 Å². The molecule has 0 unspecified atom stereocenters. The summed E-state index contributed by atoms with van der Waals surface area (Å²) < 4.78 is 0.545. The van der Waals surface area contributed by atoms with E-state index in [1.807, 2.05) is 0 Å². The Hall–Kier alpha value is -1.84. The van der Waals surface area contributed by atoms with Gasteiger partial charge < -0.3 is 5.32 Å². The lowest BCUT2D eigenvalue weighted by Gasteiger charge is -2.04. The van der Waals surface area contributed by atoms with Gasteiger partial charge in [-0.15, -0.1) is 10.2 Å². The third kappa shape index (κ3) is 5.83. The summed E-state index contributed by atoms with van der Waals surface area (Å²) in [6.45, 7) is 0. The first-order valence-corrected chi connectivity index (χ1v) is 10.6. The van der Waals surface area contributed by atoms with Crippen molar-refractivity contribution in [1.29, 1.82) is 0 Å². The maximum absolute atomic E-state index is 12.3. The molecule has 0 bridgehead atoms. The van der Waals surface area contributed by atoms with Gasteiger partial charge in [0.25, 0.3) is 5.91 Å². The maximum atomic E-state index is 12.3. The van der Waals surface area contributed by atoms with Gasteiger partial charge in [0.1, 0.15) is 0 Å². The monoisotopic (exact) mass is 472 g/mol. The summed E-state index contributed by atoms with van der Waals surface area (Å²) in [5, 5.41) is 14.8. The van der Waals surface area contributed by atoms with Crippen LogP contribution in [0.1, 0.15) is 10.4 Å². The van der Waals surface area contributed by atoms with Crippen LogP contribution in [0.2, 0.25) is 15.1 Å². The van der Waals surface area contributed by atoms with E-state index in [1.165, 1.54) is 23.9 Å². The van der Waals surface area contributed by atoms with Crippen molar-refractivity contribution in [2.75, 3.05) is 16.4 Å². The Kier molecular flexibility index (Phi) is 7.14. The average Bonchev–Trinajstić information content (AvgIpc) is 3.09. The number of amides is 2. The highest BCUT2D eigenvalue weighted by molar-refractivity contribution is 8.01. The van der Waals surface area contributed by atoms with E-state index in [2.05, 4.69) is 20.8 Å². The summed E-state index contributed by atoms with van der Waals surface area (Å²) in [4.78, 5) is 24.3. The third-order valence-electron chi connectivity index (χ3n) is 3.26. The maximum Gasteiger partial charge on any atom is 0.259 e. The number of aromatic nitrogens is 2. The fourth-order valence-corrected chi connectivity index (χ4v) is 4.18. The van der Waals surface area contributed by atoms with Gasteiger partial charge in [0.2, 0.25) is 11.0 Å². The molecule has 3 rings (SSSR count). The number of hydrogen-bond donors (Lipinski definition) is 2. The van der Waals surface area contributed by atoms with Crippen molar-refractivity contribution < 1.29 is 9.59 Å². The molecule has 28 heavy (non-hydrogen) atoms. The number of hydrogen-bond acceptors (Lipinski definition) is 6. The van der Waals surface area contributed by atoms with Crippen LogP contribution in [0.4, 0.5) is 10.8 Å². The predicted molar refractivity (Wildman–Crippen MR) is 115 cm³/mol. The molecule has 0 fully saturated rings. The molecule has 3 aromatic rings. The van der Waals surface area contributed by atoms with E-state index in [-0.39, 0.29) is 22.2 Å². The van der Waals surface area contributed by atoms with Crippen LogP contribution in [-0.2, 0) is 4.79 Å². The zero-order valence-corrected chi connectivity index (χ0v) is 17.8. The van der Waals surface area contributed by atoms with Crippen molar-refractivity contribution >= 4 is 80.5 Å². The van der Waals surface area contributed by atoms with Gasteiger partial charge in [0.05, 0.1) is 16.3 Å². The normalized spacial score (nSPS) is 10.5. The summed E-state index contributed by atoms with van der Waals surface area (Å²) in [5.74, 6) is -0.468. The Labute approximate surface area is 183 Å². The number of rotatable bonds is 6. The molecular weight excluding hydrogens is 463 g/mol. The fraction of sp³-hybridized carbons (Fsp3) is 0.0588. The Bertz CT molecular complexity index is 1010. The van der Waals surface area contributed by atoms with Crippen molar-refractivity contribution in [3.63, 3.8) is 0 Å². The highest BCUT2D eigenvalue weighted by atomic mass is 35.5. The Morgan fingerprint density at radius 1 is 0.964 bits per heavy atom. The highest BCUT2D eigenvalue weighted by Gasteiger charge is 2.14. The van der Waals surface area contributed by atoms with E-state index >= 15 is 0 Å². The molecule has 2 aromatic carbocycles. The summed E-state index contributed by atoms with van der Waals surface area (Å²) in [7, 11) is 0. The van der Waals surface area contributed by atoms with E-state index in [1.54, 1.807) is 30.3 Å². The number of nitrogens with zero attached hydrogens (tertiary/aromatic N) is 2. The fourth-order valence-electron chi connectivity index (χ4n) is 2.01. The van der Waals surface area contributed by atoms with Crippen molar-refractivity contribution in [3.05, 3.63) is 63.1 Å². The van der Waals surface area contributed by atoms with Gasteiger partial charge in [-0.25, -0.2) is 0 Å². The summed E-state index contributed by atoms with van der Waals surface area (Å²) in [6, 6.07) is 11.4. The number of nitrogens with one attached hydrogen (secondary N) is 2. The average molecular weight is 474 g/mol. The molecule has 1 aromatic heterocycles. The molecule has 6 nitrogen and oxygen atoms in total. The molecule has 11 heteroatoms. The molecule has 2 amide bonds. The standard InChI is InChI=1S/C17H11Cl3N4O2S2/c18-9-1-4-11(5-2-9)21-14(25)8-27-17-24-23-16(28-17)22-15(26)12-6-3-10(19)7-13(12)20/h1-7H,8H2,(H,21,25)(H,22,23,26). The first-order valence-electron chi connectivity index (χ1n) is 7.69. The van der Waals surface area contributed by atoms with Crippen molar-refractivity contribution in [2.24, 2.45) is 0 Å². The lowest BCUT2D eigenvalue weighted by Crippen LogP contribution is -2.13. The number of thioether (sulfide) groups is 1. The van der Waals surface area contributed by atoms with Gasteiger partial charge in [-0.1, -0.05) is 57.9 Å². The van der Waals surface area contributed by atoms with Gasteiger partial charge in [0.15, 0.2) is 4.34 Å². The molecule has 0 aliphatic heterocycles. The lowest BCUT2D eigenvalue weighted by molar-refractivity contribution is -0.113. The number of carbonyl (C=O) groups is 2. The molecule has 0 aliphatic rings. The minimum Gasteiger partial charge on any atom is -0.325 e. The summed E-state index contributed by atoms with van der Waals surface area (Å²) in [6.07, 6.45) is 0. The first-order chi connectivity index (χ1) is 13.4. The largest absolute Gasteiger partial charge is 0.325 e. The van der Waals surface area contributed by atoms with Crippen LogP contribution in [0.5, 0.6) is 0 Å². The van der Waals surface area contributed by atoms with Gasteiger partial charge in [-0.05, 0) is 42.5 Å². The molecule has 144 valence electrons. The molecule has 0 radical (unpaired) electrons. The first kappa shape index (κ1) is 20.9. The molecule has 0 spiro atoms. The Morgan fingerprint density at radius 2 is 1.68 bits per heavy atom. The van der Waals surface area contributed by atoms with Crippen LogP contribution in [0, 0.1) is 0 Å². The molecular formula is C17H11Cl3N4O2S2. The zero-order chi connectivity index (χ0) is 20.1. The van der Waals surface area contributed by atoms with E-state index in [4.69, 9.17) is 34.8 Å². The quantitative estimate of drug-likeness (QED) is 0.366. The van der Waals surface area contributed by atoms with Gasteiger partial charge in [0, 0.05) is 15.7 Å². The second-order valence-corrected chi connectivity index (χ2v) is 8.78. The summed E-state index contributed by atoms with van der Waals surface area (Å²) >= 11 is 20.0.